The number of alkyl carbamates (subject to hydrolysis) is 1. The number of methoxy groups -OCH3 is 1. The van der Waals surface area contributed by atoms with E-state index in [9.17, 15) is 14.4 Å². The monoisotopic (exact) mass is 404 g/mol. The van der Waals surface area contributed by atoms with E-state index in [1.54, 1.807) is 20.8 Å². The molecular formula is C22H32N2O5. The highest BCUT2D eigenvalue weighted by Crippen LogP contribution is 2.25. The quantitative estimate of drug-likeness (QED) is 0.763. The molecule has 2 amide bonds. The molecule has 0 saturated carbocycles. The number of amides is 2. The fourth-order valence-electron chi connectivity index (χ4n) is 3.44. The average Bonchev–Trinajstić information content (AvgIpc) is 2.63. The smallest absolute Gasteiger partial charge is 0.408 e. The molecular weight excluding hydrogens is 372 g/mol. The van der Waals surface area contributed by atoms with Crippen molar-refractivity contribution in [1.29, 1.82) is 0 Å². The Morgan fingerprint density at radius 1 is 1.17 bits per heavy atom. The van der Waals surface area contributed by atoms with Crippen LogP contribution < -0.4 is 5.32 Å². The zero-order chi connectivity index (χ0) is 21.8. The third-order valence-electron chi connectivity index (χ3n) is 4.70. The van der Waals surface area contributed by atoms with Crippen LogP contribution in [0, 0.1) is 5.92 Å². The van der Waals surface area contributed by atoms with Gasteiger partial charge in [0, 0.05) is 13.0 Å². The number of rotatable bonds is 5. The molecule has 1 heterocycles. The molecule has 0 aliphatic carbocycles. The summed E-state index contributed by atoms with van der Waals surface area (Å²) in [4.78, 5) is 39.7. The van der Waals surface area contributed by atoms with E-state index in [0.717, 1.165) is 11.1 Å². The van der Waals surface area contributed by atoms with Gasteiger partial charge in [-0.25, -0.2) is 9.59 Å². The summed E-state index contributed by atoms with van der Waals surface area (Å²) >= 11 is 0. The summed E-state index contributed by atoms with van der Waals surface area (Å²) in [7, 11) is 1.32. The van der Waals surface area contributed by atoms with Gasteiger partial charge in [-0.3, -0.25) is 4.79 Å². The number of carbonyl (C=O) groups excluding carboxylic acids is 3. The summed E-state index contributed by atoms with van der Waals surface area (Å²) in [6.07, 6.45) is 0.169. The van der Waals surface area contributed by atoms with Crippen molar-refractivity contribution in [2.24, 2.45) is 5.92 Å². The lowest BCUT2D eigenvalue weighted by Gasteiger charge is -2.37. The number of nitrogens with zero attached hydrogens (tertiary/aromatic N) is 1. The minimum absolute atomic E-state index is 0.160. The third-order valence-corrected chi connectivity index (χ3v) is 4.70. The Labute approximate surface area is 172 Å². The highest BCUT2D eigenvalue weighted by Gasteiger charge is 2.39. The topological polar surface area (TPSA) is 84.9 Å². The van der Waals surface area contributed by atoms with E-state index >= 15 is 0 Å². The van der Waals surface area contributed by atoms with Crippen molar-refractivity contribution >= 4 is 18.0 Å². The highest BCUT2D eigenvalue weighted by atomic mass is 16.6. The van der Waals surface area contributed by atoms with Gasteiger partial charge in [-0.15, -0.1) is 0 Å². The second-order valence-electron chi connectivity index (χ2n) is 8.81. The standard InChI is InChI=1S/C22H32N2O5/c1-14(2)11-17(23-21(27)29-22(3,4)5)19(25)24-13-16-10-8-7-9-15(16)12-18(24)20(26)28-6/h7-10,14,17-18H,11-13H2,1-6H3,(H,23,27)/t17-,18-/m0/s1. The predicted molar refractivity (Wildman–Crippen MR) is 109 cm³/mol. The van der Waals surface area contributed by atoms with E-state index in [4.69, 9.17) is 9.47 Å². The summed E-state index contributed by atoms with van der Waals surface area (Å²) in [6, 6.07) is 6.21. The molecule has 0 spiro atoms. The fourth-order valence-corrected chi connectivity index (χ4v) is 3.44. The molecule has 0 unspecified atom stereocenters. The number of ether oxygens (including phenoxy) is 2. The molecule has 29 heavy (non-hydrogen) atoms. The van der Waals surface area contributed by atoms with Crippen molar-refractivity contribution in [1.82, 2.24) is 10.2 Å². The molecule has 1 aromatic carbocycles. The molecule has 7 nitrogen and oxygen atoms in total. The first-order valence-electron chi connectivity index (χ1n) is 9.96. The van der Waals surface area contributed by atoms with Crippen molar-refractivity contribution in [3.8, 4) is 0 Å². The summed E-state index contributed by atoms with van der Waals surface area (Å²) < 4.78 is 10.3. The summed E-state index contributed by atoms with van der Waals surface area (Å²) in [5, 5.41) is 2.70. The van der Waals surface area contributed by atoms with Gasteiger partial charge in [0.05, 0.1) is 7.11 Å². The lowest BCUT2D eigenvalue weighted by Crippen LogP contribution is -2.56. The van der Waals surface area contributed by atoms with Crippen LogP contribution in [0.15, 0.2) is 24.3 Å². The zero-order valence-electron chi connectivity index (χ0n) is 18.2. The van der Waals surface area contributed by atoms with E-state index in [0.29, 0.717) is 19.4 Å². The molecule has 7 heteroatoms. The second kappa shape index (κ2) is 9.29. The van der Waals surface area contributed by atoms with E-state index in [1.807, 2.05) is 38.1 Å². The Morgan fingerprint density at radius 2 is 1.79 bits per heavy atom. The molecule has 1 aliphatic heterocycles. The van der Waals surface area contributed by atoms with Crippen LogP contribution in [0.2, 0.25) is 0 Å². The van der Waals surface area contributed by atoms with Crippen molar-refractivity contribution in [2.75, 3.05) is 7.11 Å². The molecule has 0 bridgehead atoms. The molecule has 160 valence electrons. The van der Waals surface area contributed by atoms with E-state index < -0.39 is 29.7 Å². The molecule has 0 aromatic heterocycles. The number of fused-ring (bicyclic) bond motifs is 1. The Morgan fingerprint density at radius 3 is 2.34 bits per heavy atom. The van der Waals surface area contributed by atoms with Crippen LogP contribution in [-0.4, -0.2) is 47.7 Å². The number of hydrogen-bond acceptors (Lipinski definition) is 5. The average molecular weight is 405 g/mol. The summed E-state index contributed by atoms with van der Waals surface area (Å²) in [5.41, 5.74) is 1.34. The van der Waals surface area contributed by atoms with Crippen LogP contribution in [0.1, 0.15) is 52.2 Å². The minimum atomic E-state index is -0.790. The van der Waals surface area contributed by atoms with Crippen LogP contribution in [0.5, 0.6) is 0 Å². The van der Waals surface area contributed by atoms with E-state index in [1.165, 1.54) is 12.0 Å². The van der Waals surface area contributed by atoms with Gasteiger partial charge in [0.15, 0.2) is 0 Å². The zero-order valence-corrected chi connectivity index (χ0v) is 18.2. The Hall–Kier alpha value is -2.57. The maximum absolute atomic E-state index is 13.4. The number of nitrogens with one attached hydrogen (secondary N) is 1. The van der Waals surface area contributed by atoms with Gasteiger partial charge in [0.2, 0.25) is 5.91 Å². The number of carbonyl (C=O) groups is 3. The SMILES string of the molecule is COC(=O)[C@@H]1Cc2ccccc2CN1C(=O)[C@H](CC(C)C)NC(=O)OC(C)(C)C. The van der Waals surface area contributed by atoms with Gasteiger partial charge in [-0.1, -0.05) is 38.1 Å². The lowest BCUT2D eigenvalue weighted by atomic mass is 9.92. The summed E-state index contributed by atoms with van der Waals surface area (Å²) in [5.74, 6) is -0.615. The van der Waals surface area contributed by atoms with Crippen LogP contribution in [0.4, 0.5) is 4.79 Å². The fraction of sp³-hybridized carbons (Fsp3) is 0.591. The molecule has 2 rings (SSSR count). The van der Waals surface area contributed by atoms with Crippen LogP contribution in [0.3, 0.4) is 0 Å². The normalized spacial score (nSPS) is 17.3. The van der Waals surface area contributed by atoms with Crippen LogP contribution in [-0.2, 0) is 32.0 Å². The predicted octanol–water partition coefficient (Wildman–Crippen LogP) is 3.05. The van der Waals surface area contributed by atoms with Gasteiger partial charge >= 0.3 is 12.1 Å². The largest absolute Gasteiger partial charge is 0.467 e. The van der Waals surface area contributed by atoms with Crippen LogP contribution in [0.25, 0.3) is 0 Å². The maximum atomic E-state index is 13.4. The molecule has 1 aliphatic rings. The molecule has 0 radical (unpaired) electrons. The van der Waals surface area contributed by atoms with Crippen molar-refractivity contribution in [3.05, 3.63) is 35.4 Å². The van der Waals surface area contributed by atoms with Gasteiger partial charge in [-0.2, -0.15) is 0 Å². The number of esters is 1. The molecule has 0 fully saturated rings. The molecule has 0 saturated heterocycles. The molecule has 1 N–H and O–H groups in total. The third kappa shape index (κ3) is 6.21. The Kier molecular flexibility index (Phi) is 7.27. The highest BCUT2D eigenvalue weighted by molar-refractivity contribution is 5.90. The number of hydrogen-bond donors (Lipinski definition) is 1. The summed E-state index contributed by atoms with van der Waals surface area (Å²) in [6.45, 7) is 9.53. The van der Waals surface area contributed by atoms with Gasteiger partial charge in [-0.05, 0) is 44.2 Å². The van der Waals surface area contributed by atoms with Crippen LogP contribution >= 0.6 is 0 Å². The molecule has 1 aromatic rings. The number of benzene rings is 1. The maximum Gasteiger partial charge on any atom is 0.408 e. The minimum Gasteiger partial charge on any atom is -0.467 e. The Balaban J connectivity index is 2.28. The lowest BCUT2D eigenvalue weighted by molar-refractivity contribution is -0.155. The van der Waals surface area contributed by atoms with E-state index in [-0.39, 0.29) is 11.8 Å². The Bertz CT molecular complexity index is 754. The van der Waals surface area contributed by atoms with E-state index in [2.05, 4.69) is 5.32 Å². The first-order chi connectivity index (χ1) is 13.5. The first-order valence-corrected chi connectivity index (χ1v) is 9.96. The van der Waals surface area contributed by atoms with Gasteiger partial charge < -0.3 is 19.7 Å². The molecule has 2 atom stereocenters. The van der Waals surface area contributed by atoms with Crippen molar-refractivity contribution in [3.63, 3.8) is 0 Å². The van der Waals surface area contributed by atoms with Crippen molar-refractivity contribution in [2.45, 2.75) is 71.7 Å². The van der Waals surface area contributed by atoms with Gasteiger partial charge in [0.25, 0.3) is 0 Å². The van der Waals surface area contributed by atoms with Gasteiger partial charge in [0.1, 0.15) is 17.7 Å². The first kappa shape index (κ1) is 22.7. The van der Waals surface area contributed by atoms with Crippen molar-refractivity contribution < 1.29 is 23.9 Å². The second-order valence-corrected chi connectivity index (χ2v) is 8.81.